The second-order valence-electron chi connectivity index (χ2n) is 7.68. The van der Waals surface area contributed by atoms with E-state index in [0.29, 0.717) is 29.0 Å². The topological polar surface area (TPSA) is 103 Å². The quantitative estimate of drug-likeness (QED) is 0.233. The Morgan fingerprint density at radius 2 is 1.61 bits per heavy atom. The molecule has 7 heteroatoms. The maximum Gasteiger partial charge on any atom is 0.271 e. The van der Waals surface area contributed by atoms with E-state index in [0.717, 1.165) is 31.4 Å². The molecule has 7 nitrogen and oxygen atoms in total. The highest BCUT2D eigenvalue weighted by atomic mass is 16.3. The Morgan fingerprint density at radius 3 is 2.24 bits per heavy atom. The van der Waals surface area contributed by atoms with Gasteiger partial charge in [-0.2, -0.15) is 15.5 Å². The zero-order valence-corrected chi connectivity index (χ0v) is 18.9. The summed E-state index contributed by atoms with van der Waals surface area (Å²) in [4.78, 5) is 17.1. The minimum Gasteiger partial charge on any atom is -0.494 e. The SMILES string of the molecule is CCCCCCn1c(O)c(C=Nc2ccc(N=Nc3ccccc3)cc2)c(C)c(C#N)c1=O. The number of benzene rings is 2. The summed E-state index contributed by atoms with van der Waals surface area (Å²) in [6.45, 7) is 4.12. The average molecular weight is 442 g/mol. The molecular formula is C26H27N5O2. The number of aliphatic imine (C=N–C) groups is 1. The van der Waals surface area contributed by atoms with Gasteiger partial charge in [-0.15, -0.1) is 0 Å². The van der Waals surface area contributed by atoms with Crippen molar-refractivity contribution < 1.29 is 5.11 Å². The van der Waals surface area contributed by atoms with Gasteiger partial charge in [0, 0.05) is 12.8 Å². The van der Waals surface area contributed by atoms with Crippen LogP contribution < -0.4 is 5.56 Å². The van der Waals surface area contributed by atoms with Crippen molar-refractivity contribution in [3.05, 3.63) is 81.6 Å². The number of azo groups is 1. The summed E-state index contributed by atoms with van der Waals surface area (Å²) < 4.78 is 1.27. The lowest BCUT2D eigenvalue weighted by atomic mass is 10.1. The van der Waals surface area contributed by atoms with Crippen LogP contribution in [0.5, 0.6) is 5.88 Å². The van der Waals surface area contributed by atoms with Gasteiger partial charge >= 0.3 is 0 Å². The molecule has 33 heavy (non-hydrogen) atoms. The lowest BCUT2D eigenvalue weighted by Crippen LogP contribution is -2.25. The number of pyridine rings is 1. The van der Waals surface area contributed by atoms with Crippen LogP contribution in [0.3, 0.4) is 0 Å². The normalized spacial score (nSPS) is 11.3. The summed E-state index contributed by atoms with van der Waals surface area (Å²) in [5, 5.41) is 28.6. The molecule has 0 saturated heterocycles. The molecule has 0 bridgehead atoms. The maximum absolute atomic E-state index is 12.7. The number of unbranched alkanes of at least 4 members (excludes halogenated alkanes) is 3. The molecule has 0 saturated carbocycles. The van der Waals surface area contributed by atoms with Crippen LogP contribution in [-0.2, 0) is 6.54 Å². The first-order chi connectivity index (χ1) is 16.0. The number of nitriles is 1. The van der Waals surface area contributed by atoms with Crippen molar-refractivity contribution in [2.45, 2.75) is 46.1 Å². The summed E-state index contributed by atoms with van der Waals surface area (Å²) in [6.07, 6.45) is 5.33. The van der Waals surface area contributed by atoms with Gasteiger partial charge in [-0.3, -0.25) is 14.4 Å². The monoisotopic (exact) mass is 441 g/mol. The van der Waals surface area contributed by atoms with Crippen LogP contribution in [0.4, 0.5) is 17.1 Å². The Hall–Kier alpha value is -4.05. The van der Waals surface area contributed by atoms with Crippen LogP contribution in [0, 0.1) is 18.3 Å². The van der Waals surface area contributed by atoms with Gasteiger partial charge in [-0.05, 0) is 55.3 Å². The van der Waals surface area contributed by atoms with Crippen molar-refractivity contribution >= 4 is 23.3 Å². The minimum absolute atomic E-state index is 0.0291. The highest BCUT2D eigenvalue weighted by Crippen LogP contribution is 2.24. The van der Waals surface area contributed by atoms with E-state index in [1.54, 1.807) is 31.2 Å². The van der Waals surface area contributed by atoms with Crippen molar-refractivity contribution in [3.8, 4) is 11.9 Å². The van der Waals surface area contributed by atoms with Gasteiger partial charge in [0.05, 0.1) is 22.6 Å². The van der Waals surface area contributed by atoms with Gasteiger partial charge in [0.2, 0.25) is 5.88 Å². The summed E-state index contributed by atoms with van der Waals surface area (Å²) in [5.41, 5.74) is 2.45. The average Bonchev–Trinajstić information content (AvgIpc) is 2.84. The molecule has 1 aromatic heterocycles. The Balaban J connectivity index is 1.83. The fourth-order valence-corrected chi connectivity index (χ4v) is 3.38. The molecule has 0 aliphatic carbocycles. The van der Waals surface area contributed by atoms with E-state index in [1.165, 1.54) is 10.8 Å². The third-order valence-electron chi connectivity index (χ3n) is 5.31. The Bertz CT molecular complexity index is 1240. The van der Waals surface area contributed by atoms with E-state index in [1.807, 2.05) is 36.4 Å². The van der Waals surface area contributed by atoms with Crippen molar-refractivity contribution in [2.24, 2.45) is 15.2 Å². The summed E-state index contributed by atoms with van der Waals surface area (Å²) >= 11 is 0. The molecular weight excluding hydrogens is 414 g/mol. The van der Waals surface area contributed by atoms with Crippen molar-refractivity contribution in [3.63, 3.8) is 0 Å². The van der Waals surface area contributed by atoms with E-state index in [9.17, 15) is 15.2 Å². The van der Waals surface area contributed by atoms with Crippen LogP contribution in [-0.4, -0.2) is 15.9 Å². The van der Waals surface area contributed by atoms with E-state index < -0.39 is 5.56 Å². The van der Waals surface area contributed by atoms with E-state index in [2.05, 4.69) is 22.1 Å². The number of hydrogen-bond acceptors (Lipinski definition) is 6. The molecule has 0 aliphatic rings. The highest BCUT2D eigenvalue weighted by Gasteiger charge is 2.17. The molecule has 0 radical (unpaired) electrons. The number of aromatic hydroxyl groups is 1. The zero-order valence-electron chi connectivity index (χ0n) is 18.9. The van der Waals surface area contributed by atoms with Gasteiger partial charge in [0.15, 0.2) is 0 Å². The molecule has 3 rings (SSSR count). The van der Waals surface area contributed by atoms with E-state index in [4.69, 9.17) is 0 Å². The lowest BCUT2D eigenvalue weighted by molar-refractivity contribution is 0.397. The third-order valence-corrected chi connectivity index (χ3v) is 5.31. The van der Waals surface area contributed by atoms with Crippen LogP contribution >= 0.6 is 0 Å². The number of nitrogens with zero attached hydrogens (tertiary/aromatic N) is 5. The Kier molecular flexibility index (Phi) is 8.25. The predicted molar refractivity (Wildman–Crippen MR) is 130 cm³/mol. The van der Waals surface area contributed by atoms with Gasteiger partial charge in [0.25, 0.3) is 5.56 Å². The summed E-state index contributed by atoms with van der Waals surface area (Å²) in [5.74, 6) is -0.162. The fourth-order valence-electron chi connectivity index (χ4n) is 3.38. The maximum atomic E-state index is 12.7. The minimum atomic E-state index is -0.464. The first kappa shape index (κ1) is 23.6. The zero-order chi connectivity index (χ0) is 23.6. The van der Waals surface area contributed by atoms with Gasteiger partial charge in [-0.25, -0.2) is 0 Å². The van der Waals surface area contributed by atoms with E-state index >= 15 is 0 Å². The van der Waals surface area contributed by atoms with Crippen LogP contribution in [0.25, 0.3) is 0 Å². The summed E-state index contributed by atoms with van der Waals surface area (Å²) in [6, 6.07) is 18.6. The molecule has 0 unspecified atom stereocenters. The lowest BCUT2D eigenvalue weighted by Gasteiger charge is -2.14. The predicted octanol–water partition coefficient (Wildman–Crippen LogP) is 6.48. The number of aromatic nitrogens is 1. The molecule has 1 heterocycles. The van der Waals surface area contributed by atoms with Crippen molar-refractivity contribution in [1.82, 2.24) is 4.57 Å². The first-order valence-corrected chi connectivity index (χ1v) is 11.0. The molecule has 168 valence electrons. The number of rotatable bonds is 9. The molecule has 3 aromatic rings. The van der Waals surface area contributed by atoms with E-state index in [-0.39, 0.29) is 11.4 Å². The molecule has 0 fully saturated rings. The van der Waals surface area contributed by atoms with Crippen molar-refractivity contribution in [1.29, 1.82) is 5.26 Å². The largest absolute Gasteiger partial charge is 0.494 e. The molecule has 0 atom stereocenters. The summed E-state index contributed by atoms with van der Waals surface area (Å²) in [7, 11) is 0. The standard InChI is InChI=1S/C26H27N5O2/c1-3-4-5-9-16-31-25(32)23(17-27)19(2)24(26(31)33)18-28-20-12-14-22(15-13-20)30-29-21-10-7-6-8-11-21/h6-8,10-15,18,33H,3-5,9,16H2,1-2H3. The van der Waals surface area contributed by atoms with Crippen LogP contribution in [0.2, 0.25) is 0 Å². The smallest absolute Gasteiger partial charge is 0.271 e. The fraction of sp³-hybridized carbons (Fsp3) is 0.269. The number of hydrogen-bond donors (Lipinski definition) is 1. The molecule has 0 aliphatic heterocycles. The Morgan fingerprint density at radius 1 is 0.970 bits per heavy atom. The first-order valence-electron chi connectivity index (χ1n) is 11.0. The highest BCUT2D eigenvalue weighted by molar-refractivity contribution is 5.87. The second-order valence-corrected chi connectivity index (χ2v) is 7.68. The third kappa shape index (κ3) is 6.01. The van der Waals surface area contributed by atoms with Crippen LogP contribution in [0.1, 0.15) is 49.3 Å². The second kappa shape index (κ2) is 11.5. The Labute approximate surface area is 193 Å². The van der Waals surface area contributed by atoms with Gasteiger partial charge in [0.1, 0.15) is 11.6 Å². The van der Waals surface area contributed by atoms with Gasteiger partial charge in [-0.1, -0.05) is 44.4 Å². The molecule has 0 spiro atoms. The van der Waals surface area contributed by atoms with Gasteiger partial charge < -0.3 is 5.11 Å². The molecule has 1 N–H and O–H groups in total. The molecule has 2 aromatic carbocycles. The van der Waals surface area contributed by atoms with Crippen LogP contribution in [0.15, 0.2) is 74.6 Å². The molecule has 0 amide bonds. The van der Waals surface area contributed by atoms with Crippen molar-refractivity contribution in [2.75, 3.05) is 0 Å².